The molecule has 1 fully saturated rings. The van der Waals surface area contributed by atoms with Crippen molar-refractivity contribution in [3.63, 3.8) is 0 Å². The van der Waals surface area contributed by atoms with Crippen LogP contribution in [-0.4, -0.2) is 35.5 Å². The van der Waals surface area contributed by atoms with Crippen molar-refractivity contribution >= 4 is 34.2 Å². The molecule has 1 aliphatic rings. The van der Waals surface area contributed by atoms with E-state index in [1.54, 1.807) is 0 Å². The maximum atomic E-state index is 12.8. The predicted octanol–water partition coefficient (Wildman–Crippen LogP) is 4.92. The molecule has 1 saturated carbocycles. The summed E-state index contributed by atoms with van der Waals surface area (Å²) >= 11 is 3.50. The van der Waals surface area contributed by atoms with E-state index in [0.29, 0.717) is 6.04 Å². The predicted molar refractivity (Wildman–Crippen MR) is 117 cm³/mol. The van der Waals surface area contributed by atoms with Crippen molar-refractivity contribution in [1.29, 1.82) is 0 Å². The van der Waals surface area contributed by atoms with Gasteiger partial charge in [0.1, 0.15) is 5.69 Å². The topological polar surface area (TPSA) is 37.3 Å². The Bertz CT molecular complexity index is 751. The molecule has 27 heavy (non-hydrogen) atoms. The highest BCUT2D eigenvalue weighted by atomic mass is 79.9. The Morgan fingerprint density at radius 1 is 1.11 bits per heavy atom. The largest absolute Gasteiger partial charge is 0.348 e. The van der Waals surface area contributed by atoms with E-state index < -0.39 is 0 Å². The van der Waals surface area contributed by atoms with Crippen LogP contribution in [0.3, 0.4) is 0 Å². The van der Waals surface area contributed by atoms with Crippen LogP contribution in [0.2, 0.25) is 0 Å². The van der Waals surface area contributed by atoms with E-state index in [2.05, 4.69) is 70.6 Å². The van der Waals surface area contributed by atoms with Crippen LogP contribution in [0.1, 0.15) is 59.9 Å². The fraction of sp³-hybridized carbons (Fsp3) is 0.476. The van der Waals surface area contributed by atoms with Crippen LogP contribution in [0.25, 0.3) is 0 Å². The van der Waals surface area contributed by atoms with E-state index in [0.717, 1.165) is 28.7 Å². The molecule has 0 aliphatic heterocycles. The number of rotatable bonds is 5. The lowest BCUT2D eigenvalue weighted by molar-refractivity contribution is 0.0918. The summed E-state index contributed by atoms with van der Waals surface area (Å²) < 4.78 is 3.10. The van der Waals surface area contributed by atoms with Gasteiger partial charge in [0, 0.05) is 23.3 Å². The van der Waals surface area contributed by atoms with Crippen LogP contribution < -0.4 is 5.32 Å². The third-order valence-electron chi connectivity index (χ3n) is 5.32. The first kappa shape index (κ1) is 22.0. The summed E-state index contributed by atoms with van der Waals surface area (Å²) in [6.07, 6.45) is 5.92. The molecule has 1 N–H and O–H groups in total. The van der Waals surface area contributed by atoms with Crippen LogP contribution in [0.4, 0.5) is 0 Å². The van der Waals surface area contributed by atoms with Gasteiger partial charge in [0.05, 0.1) is 6.04 Å². The molecule has 1 unspecified atom stereocenters. The van der Waals surface area contributed by atoms with Crippen molar-refractivity contribution in [2.75, 3.05) is 14.1 Å². The smallest absolute Gasteiger partial charge is 0.268 e. The fourth-order valence-electron chi connectivity index (χ4n) is 3.91. The first-order valence-corrected chi connectivity index (χ1v) is 10.1. The van der Waals surface area contributed by atoms with Gasteiger partial charge in [0.2, 0.25) is 0 Å². The van der Waals surface area contributed by atoms with Crippen LogP contribution in [0.5, 0.6) is 0 Å². The van der Waals surface area contributed by atoms with E-state index in [1.807, 2.05) is 17.7 Å². The molecule has 0 saturated heterocycles. The summed E-state index contributed by atoms with van der Waals surface area (Å²) in [5, 5.41) is 3.23. The number of nitrogens with one attached hydrogen (secondary N) is 1. The maximum absolute atomic E-state index is 12.8. The Morgan fingerprint density at radius 2 is 1.74 bits per heavy atom. The molecule has 148 valence electrons. The summed E-state index contributed by atoms with van der Waals surface area (Å²) in [5.74, 6) is 0.0407. The van der Waals surface area contributed by atoms with Gasteiger partial charge >= 0.3 is 0 Å². The van der Waals surface area contributed by atoms with Crippen LogP contribution >= 0.6 is 28.3 Å². The number of hydrogen-bond acceptors (Lipinski definition) is 2. The standard InChI is InChI=1S/C21H28BrN3O.ClH/c1-24(2)20(15-9-11-16(22)12-10-15)18-13-14-19(25(18)3)21(26)23-17-7-5-4-6-8-17;/h9-14,17,20H,4-8H2,1-3H3,(H,23,26);1H. The van der Waals surface area contributed by atoms with Crippen LogP contribution in [0, 0.1) is 0 Å². The Hall–Kier alpha value is -1.30. The molecule has 4 nitrogen and oxygen atoms in total. The average Bonchev–Trinajstić information content (AvgIpc) is 2.99. The van der Waals surface area contributed by atoms with Crippen LogP contribution in [0.15, 0.2) is 40.9 Å². The normalized spacial score (nSPS) is 16.0. The number of amides is 1. The molecule has 2 aromatic rings. The lowest BCUT2D eigenvalue weighted by Gasteiger charge is -2.26. The molecule has 1 atom stereocenters. The highest BCUT2D eigenvalue weighted by molar-refractivity contribution is 9.10. The summed E-state index contributed by atoms with van der Waals surface area (Å²) in [4.78, 5) is 15.0. The van der Waals surface area contributed by atoms with Gasteiger partial charge < -0.3 is 9.88 Å². The molecule has 0 radical (unpaired) electrons. The summed E-state index contributed by atoms with van der Waals surface area (Å²) in [6.45, 7) is 0. The van der Waals surface area contributed by atoms with Crippen molar-refractivity contribution in [1.82, 2.24) is 14.8 Å². The second-order valence-electron chi connectivity index (χ2n) is 7.43. The zero-order valence-electron chi connectivity index (χ0n) is 16.2. The van der Waals surface area contributed by atoms with Crippen molar-refractivity contribution < 1.29 is 4.79 Å². The number of aromatic nitrogens is 1. The number of carbonyl (C=O) groups is 1. The van der Waals surface area contributed by atoms with Gasteiger partial charge in [0.15, 0.2) is 0 Å². The third kappa shape index (κ3) is 5.15. The molecular weight excluding hydrogens is 426 g/mol. The van der Waals surface area contributed by atoms with Gasteiger partial charge in [-0.3, -0.25) is 9.69 Å². The Balaban J connectivity index is 0.00000261. The molecular formula is C21H29BrClN3O. The summed E-state index contributed by atoms with van der Waals surface area (Å²) in [7, 11) is 6.13. The lowest BCUT2D eigenvalue weighted by atomic mass is 9.95. The van der Waals surface area contributed by atoms with Gasteiger partial charge in [0.25, 0.3) is 5.91 Å². The molecule has 6 heteroatoms. The third-order valence-corrected chi connectivity index (χ3v) is 5.84. The van der Waals surface area contributed by atoms with E-state index in [4.69, 9.17) is 0 Å². The molecule has 0 bridgehead atoms. The molecule has 3 rings (SSSR count). The van der Waals surface area contributed by atoms with Gasteiger partial charge in [-0.2, -0.15) is 0 Å². The number of carbonyl (C=O) groups excluding carboxylic acids is 1. The Morgan fingerprint density at radius 3 is 2.33 bits per heavy atom. The first-order valence-electron chi connectivity index (χ1n) is 9.35. The monoisotopic (exact) mass is 453 g/mol. The number of halogens is 2. The van der Waals surface area contributed by atoms with E-state index in [1.165, 1.54) is 24.8 Å². The Labute approximate surface area is 176 Å². The number of benzene rings is 1. The van der Waals surface area contributed by atoms with E-state index in [9.17, 15) is 4.79 Å². The van der Waals surface area contributed by atoms with Crippen molar-refractivity contribution in [2.24, 2.45) is 7.05 Å². The van der Waals surface area contributed by atoms with E-state index >= 15 is 0 Å². The number of nitrogens with zero attached hydrogens (tertiary/aromatic N) is 2. The number of hydrogen-bond donors (Lipinski definition) is 1. The molecule has 0 spiro atoms. The average molecular weight is 455 g/mol. The molecule has 1 aromatic heterocycles. The molecule has 1 aliphatic carbocycles. The first-order chi connectivity index (χ1) is 12.5. The van der Waals surface area contributed by atoms with Gasteiger partial charge in [-0.15, -0.1) is 12.4 Å². The van der Waals surface area contributed by atoms with Crippen molar-refractivity contribution in [3.8, 4) is 0 Å². The quantitative estimate of drug-likeness (QED) is 0.696. The second kappa shape index (κ2) is 9.76. The van der Waals surface area contributed by atoms with Gasteiger partial charge in [-0.05, 0) is 56.8 Å². The minimum Gasteiger partial charge on any atom is -0.348 e. The van der Waals surface area contributed by atoms with Crippen molar-refractivity contribution in [3.05, 3.63) is 57.8 Å². The SMILES string of the molecule is CN(C)C(c1ccc(Br)cc1)c1ccc(C(=O)NC2CCCCC2)n1C.Cl. The van der Waals surface area contributed by atoms with Crippen molar-refractivity contribution in [2.45, 2.75) is 44.2 Å². The van der Waals surface area contributed by atoms with E-state index in [-0.39, 0.29) is 24.4 Å². The minimum atomic E-state index is 0. The fourth-order valence-corrected chi connectivity index (χ4v) is 4.18. The van der Waals surface area contributed by atoms with Gasteiger partial charge in [-0.25, -0.2) is 0 Å². The maximum Gasteiger partial charge on any atom is 0.268 e. The minimum absolute atomic E-state index is 0. The lowest BCUT2D eigenvalue weighted by Crippen LogP contribution is -2.37. The molecule has 1 heterocycles. The highest BCUT2D eigenvalue weighted by Crippen LogP contribution is 2.29. The van der Waals surface area contributed by atoms with Gasteiger partial charge in [-0.1, -0.05) is 47.3 Å². The zero-order chi connectivity index (χ0) is 18.7. The summed E-state index contributed by atoms with van der Waals surface area (Å²) in [5.41, 5.74) is 3.05. The molecule has 1 amide bonds. The zero-order valence-corrected chi connectivity index (χ0v) is 18.6. The highest BCUT2D eigenvalue weighted by Gasteiger charge is 2.24. The summed E-state index contributed by atoms with van der Waals surface area (Å²) in [6, 6.07) is 12.8. The Kier molecular flexibility index (Phi) is 7.95. The second-order valence-corrected chi connectivity index (χ2v) is 8.34. The molecule has 1 aromatic carbocycles. The van der Waals surface area contributed by atoms with Crippen LogP contribution in [-0.2, 0) is 7.05 Å².